The number of hydroxylamine groups is 1. The molecule has 4 aromatic carbocycles. The molecule has 4 aromatic rings. The maximum atomic E-state index is 13.6. The second-order valence-electron chi connectivity index (χ2n) is 11.6. The lowest BCUT2D eigenvalue weighted by Crippen LogP contribution is -2.59. The van der Waals surface area contributed by atoms with Crippen LogP contribution in [0.2, 0.25) is 0 Å². The van der Waals surface area contributed by atoms with Crippen LogP contribution in [0.1, 0.15) is 40.9 Å². The van der Waals surface area contributed by atoms with E-state index in [4.69, 9.17) is 9.57 Å². The summed E-state index contributed by atoms with van der Waals surface area (Å²) in [5, 5.41) is 30.2. The van der Waals surface area contributed by atoms with Crippen LogP contribution in [0, 0.1) is 10.1 Å². The first-order chi connectivity index (χ1) is 23.2. The Balaban J connectivity index is 1.29. The molecule has 11 nitrogen and oxygen atoms in total. The number of nitro benzene ring substituents is 1. The molecule has 14 heteroatoms. The predicted molar refractivity (Wildman–Crippen MR) is 171 cm³/mol. The topological polar surface area (TPSA) is 144 Å². The smallest absolute Gasteiger partial charge is 0.456 e. The van der Waals surface area contributed by atoms with Gasteiger partial charge in [-0.25, -0.2) is 4.79 Å². The minimum absolute atomic E-state index is 0.0290. The number of allylic oxidation sites excluding steroid dienone is 1. The van der Waals surface area contributed by atoms with E-state index in [-0.39, 0.29) is 22.5 Å². The summed E-state index contributed by atoms with van der Waals surface area (Å²) < 4.78 is 46.4. The monoisotopic (exact) mass is 670 g/mol. The first-order valence-corrected chi connectivity index (χ1v) is 14.6. The largest absolute Gasteiger partial charge is 0.505 e. The number of ketones is 1. The molecule has 0 aromatic heterocycles. The molecule has 1 atom stereocenters. The molecule has 1 N–H and O–H groups in total. The molecule has 6 rings (SSSR count). The second kappa shape index (κ2) is 12.0. The maximum Gasteiger partial charge on any atom is 0.456 e. The van der Waals surface area contributed by atoms with Gasteiger partial charge in [0, 0.05) is 23.3 Å². The van der Waals surface area contributed by atoms with E-state index in [9.17, 15) is 38.0 Å². The lowest BCUT2D eigenvalue weighted by Gasteiger charge is -2.45. The standard InChI is InChI=1S/C35H25F3N4O7/c1-33(2)26-10-6-7-11-27(26)41(34(33)19-18-23-20-25(42(46)47)16-17-28(23)48-34)49-32(45)22-12-14-24(15-13-22)39-40-29(31(44)35(36,37)38)30(43)21-8-4-3-5-9-21/h3-20,43H,1-2H3/b30-29+,40-39?. The molecule has 0 saturated heterocycles. The van der Waals surface area contributed by atoms with E-state index in [2.05, 4.69) is 10.2 Å². The number of fused-ring (bicyclic) bond motifs is 2. The van der Waals surface area contributed by atoms with E-state index in [0.717, 1.165) is 5.56 Å². The number of carbonyl (C=O) groups is 2. The Hall–Kier alpha value is -6.31. The van der Waals surface area contributed by atoms with Crippen molar-refractivity contribution in [3.63, 3.8) is 0 Å². The van der Waals surface area contributed by atoms with Gasteiger partial charge in [0.1, 0.15) is 5.75 Å². The molecule has 0 bridgehead atoms. The zero-order valence-corrected chi connectivity index (χ0v) is 25.7. The van der Waals surface area contributed by atoms with E-state index in [1.165, 1.54) is 71.8 Å². The number of hydrogen-bond donors (Lipinski definition) is 1. The third kappa shape index (κ3) is 5.77. The molecule has 0 amide bonds. The predicted octanol–water partition coefficient (Wildman–Crippen LogP) is 8.41. The van der Waals surface area contributed by atoms with Crippen molar-refractivity contribution in [2.45, 2.75) is 31.2 Å². The van der Waals surface area contributed by atoms with Gasteiger partial charge >= 0.3 is 12.1 Å². The third-order valence-corrected chi connectivity index (χ3v) is 8.24. The number of azo groups is 1. The van der Waals surface area contributed by atoms with Gasteiger partial charge in [0.05, 0.1) is 27.3 Å². The van der Waals surface area contributed by atoms with Gasteiger partial charge in [0.15, 0.2) is 11.5 Å². The highest BCUT2D eigenvalue weighted by Crippen LogP contribution is 2.55. The molecule has 49 heavy (non-hydrogen) atoms. The van der Waals surface area contributed by atoms with Crippen LogP contribution in [0.15, 0.2) is 119 Å². The Morgan fingerprint density at radius 1 is 0.939 bits per heavy atom. The highest BCUT2D eigenvalue weighted by atomic mass is 19.4. The molecule has 0 radical (unpaired) electrons. The number of benzene rings is 4. The zero-order chi connectivity index (χ0) is 35.1. The summed E-state index contributed by atoms with van der Waals surface area (Å²) in [6, 6.07) is 23.6. The summed E-state index contributed by atoms with van der Waals surface area (Å²) >= 11 is 0. The Bertz CT molecular complexity index is 2080. The van der Waals surface area contributed by atoms with E-state index < -0.39 is 45.4 Å². The minimum atomic E-state index is -5.33. The normalized spacial score (nSPS) is 18.0. The molecule has 0 aliphatic carbocycles. The number of aliphatic hydroxyl groups excluding tert-OH is 1. The number of nitrogens with zero attached hydrogens (tertiary/aromatic N) is 4. The lowest BCUT2D eigenvalue weighted by molar-refractivity contribution is -0.384. The summed E-state index contributed by atoms with van der Waals surface area (Å²) in [4.78, 5) is 42.4. The number of non-ortho nitro benzene ring substituents is 1. The van der Waals surface area contributed by atoms with Crippen molar-refractivity contribution in [3.05, 3.63) is 141 Å². The van der Waals surface area contributed by atoms with Gasteiger partial charge in [-0.05, 0) is 68.0 Å². The Kier molecular flexibility index (Phi) is 8.02. The first-order valence-electron chi connectivity index (χ1n) is 14.6. The molecule has 2 aliphatic heterocycles. The van der Waals surface area contributed by atoms with Crippen molar-refractivity contribution in [3.8, 4) is 5.75 Å². The first kappa shape index (κ1) is 32.6. The molecule has 1 spiro atoms. The molecule has 1 unspecified atom stereocenters. The number of alkyl halides is 3. The molecule has 2 heterocycles. The van der Waals surface area contributed by atoms with Gasteiger partial charge in [0.2, 0.25) is 5.72 Å². The van der Waals surface area contributed by atoms with E-state index in [1.54, 1.807) is 30.4 Å². The van der Waals surface area contributed by atoms with Crippen LogP contribution >= 0.6 is 0 Å². The number of anilines is 1. The molecule has 0 fully saturated rings. The molecule has 248 valence electrons. The number of ether oxygens (including phenoxy) is 1. The molecular weight excluding hydrogens is 645 g/mol. The van der Waals surface area contributed by atoms with E-state index in [0.29, 0.717) is 17.0 Å². The second-order valence-corrected chi connectivity index (χ2v) is 11.6. The molecule has 2 aliphatic rings. The Morgan fingerprint density at radius 2 is 1.61 bits per heavy atom. The fourth-order valence-corrected chi connectivity index (χ4v) is 5.62. The highest BCUT2D eigenvalue weighted by molar-refractivity contribution is 6.04. The number of carbonyl (C=O) groups excluding carboxylic acids is 2. The van der Waals surface area contributed by atoms with Gasteiger partial charge in [-0.1, -0.05) is 48.5 Å². The van der Waals surface area contributed by atoms with Crippen molar-refractivity contribution >= 4 is 40.6 Å². The summed E-state index contributed by atoms with van der Waals surface area (Å²) in [5.41, 5.74) is -1.91. The fourth-order valence-electron chi connectivity index (χ4n) is 5.62. The average molecular weight is 671 g/mol. The van der Waals surface area contributed by atoms with E-state index in [1.807, 2.05) is 26.0 Å². The van der Waals surface area contributed by atoms with Crippen LogP contribution in [0.3, 0.4) is 0 Å². The van der Waals surface area contributed by atoms with Gasteiger partial charge in [-0.15, -0.1) is 5.11 Å². The van der Waals surface area contributed by atoms with Crippen molar-refractivity contribution in [1.29, 1.82) is 0 Å². The van der Waals surface area contributed by atoms with Crippen molar-refractivity contribution in [1.82, 2.24) is 0 Å². The van der Waals surface area contributed by atoms with Gasteiger partial charge < -0.3 is 14.7 Å². The summed E-state index contributed by atoms with van der Waals surface area (Å²) in [5.74, 6) is -3.88. The molecular formula is C35H25F3N4O7. The van der Waals surface area contributed by atoms with Gasteiger partial charge in [-0.3, -0.25) is 14.9 Å². The lowest BCUT2D eigenvalue weighted by atomic mass is 9.76. The van der Waals surface area contributed by atoms with Crippen molar-refractivity contribution < 1.29 is 42.4 Å². The number of nitro groups is 1. The number of para-hydroxylation sites is 1. The van der Waals surface area contributed by atoms with Crippen LogP contribution in [0.4, 0.5) is 30.2 Å². The zero-order valence-electron chi connectivity index (χ0n) is 25.7. The van der Waals surface area contributed by atoms with Crippen LogP contribution in [-0.4, -0.2) is 33.7 Å². The van der Waals surface area contributed by atoms with E-state index >= 15 is 0 Å². The van der Waals surface area contributed by atoms with Crippen molar-refractivity contribution in [2.24, 2.45) is 10.2 Å². The van der Waals surface area contributed by atoms with Crippen LogP contribution < -0.4 is 9.80 Å². The maximum absolute atomic E-state index is 13.6. The Labute approximate surface area is 276 Å². The number of aliphatic hydroxyl groups is 1. The van der Waals surface area contributed by atoms with Crippen LogP contribution in [0.25, 0.3) is 11.8 Å². The SMILES string of the molecule is CC1(C)c2ccccc2N(OC(=O)c2ccc(N=N/C(C(=O)C(F)(F)F)=C(/O)c3ccccc3)cc2)C12C=Cc1cc([N+](=O)[O-])ccc1O2. The quantitative estimate of drug-likeness (QED) is 0.0679. The Morgan fingerprint density at radius 3 is 2.29 bits per heavy atom. The van der Waals surface area contributed by atoms with Gasteiger partial charge in [-0.2, -0.15) is 23.3 Å². The molecule has 0 saturated carbocycles. The van der Waals surface area contributed by atoms with Crippen LogP contribution in [-0.2, 0) is 15.0 Å². The number of hydrogen-bond acceptors (Lipinski definition) is 10. The highest BCUT2D eigenvalue weighted by Gasteiger charge is 2.61. The van der Waals surface area contributed by atoms with Gasteiger partial charge in [0.25, 0.3) is 11.5 Å². The number of Topliss-reactive ketones (excluding diaryl/α,β-unsaturated/α-hetero) is 1. The summed E-state index contributed by atoms with van der Waals surface area (Å²) in [7, 11) is 0. The summed E-state index contributed by atoms with van der Waals surface area (Å²) in [6.07, 6.45) is -1.99. The fraction of sp³-hybridized carbons (Fsp3) is 0.143. The average Bonchev–Trinajstić information content (AvgIpc) is 3.26. The summed E-state index contributed by atoms with van der Waals surface area (Å²) in [6.45, 7) is 3.81. The van der Waals surface area contributed by atoms with Crippen LogP contribution in [0.5, 0.6) is 5.75 Å². The number of halogens is 3. The minimum Gasteiger partial charge on any atom is -0.505 e. The number of rotatable bonds is 7. The third-order valence-electron chi connectivity index (χ3n) is 8.24. The van der Waals surface area contributed by atoms with Crippen molar-refractivity contribution in [2.75, 3.05) is 5.06 Å².